The molecule has 0 heterocycles. The molecular weight excluding hydrogens is 330 g/mol. The van der Waals surface area contributed by atoms with Crippen molar-refractivity contribution in [2.45, 2.75) is 25.2 Å². The fraction of sp³-hybridized carbons (Fsp3) is 0.240. The molecule has 27 heavy (non-hydrogen) atoms. The summed E-state index contributed by atoms with van der Waals surface area (Å²) in [6, 6.07) is 30.4. The molecule has 0 aromatic heterocycles. The van der Waals surface area contributed by atoms with Crippen molar-refractivity contribution in [2.24, 2.45) is 0 Å². The van der Waals surface area contributed by atoms with Crippen LogP contribution in [0.2, 0.25) is 0 Å². The smallest absolute Gasteiger partial charge is 0.241 e. The second-order valence-corrected chi connectivity index (χ2v) is 6.93. The number of likely N-dealkylation sites (N-methyl/N-ethyl adjacent to an activating group) is 1. The molecule has 1 amide bonds. The lowest BCUT2D eigenvalue weighted by atomic mass is 9.68. The Morgan fingerprint density at radius 2 is 1.11 bits per heavy atom. The highest BCUT2D eigenvalue weighted by Crippen LogP contribution is 2.40. The number of unbranched alkanes of at least 4 members (excludes halogenated alkanes) is 1. The van der Waals surface area contributed by atoms with Gasteiger partial charge in [0.05, 0.1) is 0 Å². The first-order chi connectivity index (χ1) is 13.2. The van der Waals surface area contributed by atoms with E-state index in [1.165, 1.54) is 0 Å². The minimum atomic E-state index is -0.855. The maximum absolute atomic E-state index is 14.0. The monoisotopic (exact) mass is 357 g/mol. The Balaban J connectivity index is 2.28. The van der Waals surface area contributed by atoms with E-state index >= 15 is 0 Å². The summed E-state index contributed by atoms with van der Waals surface area (Å²) in [6.07, 6.45) is 2.06. The van der Waals surface area contributed by atoms with Crippen molar-refractivity contribution in [3.8, 4) is 0 Å². The van der Waals surface area contributed by atoms with Crippen LogP contribution in [0, 0.1) is 0 Å². The third-order valence-electron chi connectivity index (χ3n) is 5.13. The molecule has 0 unspecified atom stereocenters. The third-order valence-corrected chi connectivity index (χ3v) is 5.13. The molecule has 3 rings (SSSR count). The van der Waals surface area contributed by atoms with E-state index < -0.39 is 5.41 Å². The largest absolute Gasteiger partial charge is 0.344 e. The van der Waals surface area contributed by atoms with Gasteiger partial charge in [0, 0.05) is 13.6 Å². The number of carbonyl (C=O) groups excluding carboxylic acids is 1. The highest BCUT2D eigenvalue weighted by molar-refractivity contribution is 5.96. The van der Waals surface area contributed by atoms with Gasteiger partial charge in [-0.05, 0) is 23.1 Å². The Morgan fingerprint density at radius 3 is 1.44 bits per heavy atom. The van der Waals surface area contributed by atoms with Crippen LogP contribution in [-0.2, 0) is 10.2 Å². The normalized spacial score (nSPS) is 11.2. The number of hydrogen-bond donors (Lipinski definition) is 0. The average molecular weight is 357 g/mol. The van der Waals surface area contributed by atoms with Gasteiger partial charge in [0.15, 0.2) is 0 Å². The summed E-state index contributed by atoms with van der Waals surface area (Å²) in [4.78, 5) is 15.9. The second kappa shape index (κ2) is 8.68. The van der Waals surface area contributed by atoms with Gasteiger partial charge in [-0.25, -0.2) is 0 Å². The van der Waals surface area contributed by atoms with E-state index in [4.69, 9.17) is 0 Å². The number of benzene rings is 3. The molecule has 3 aromatic rings. The molecule has 0 aliphatic rings. The number of carbonyl (C=O) groups is 1. The number of nitrogens with zero attached hydrogens (tertiary/aromatic N) is 1. The van der Waals surface area contributed by atoms with E-state index in [-0.39, 0.29) is 5.91 Å². The SMILES string of the molecule is CCCCN(C)C(=O)C(c1ccccc1)(c1ccccc1)c1ccccc1. The van der Waals surface area contributed by atoms with E-state index in [1.54, 1.807) is 0 Å². The Hall–Kier alpha value is -2.87. The lowest BCUT2D eigenvalue weighted by molar-refractivity contribution is -0.133. The van der Waals surface area contributed by atoms with Crippen LogP contribution >= 0.6 is 0 Å². The molecule has 0 radical (unpaired) electrons. The van der Waals surface area contributed by atoms with E-state index in [9.17, 15) is 4.79 Å². The Labute approximate surface area is 162 Å². The maximum Gasteiger partial charge on any atom is 0.241 e. The van der Waals surface area contributed by atoms with Crippen molar-refractivity contribution in [2.75, 3.05) is 13.6 Å². The lowest BCUT2D eigenvalue weighted by Crippen LogP contribution is -2.47. The molecule has 0 fully saturated rings. The first kappa shape index (κ1) is 18.9. The van der Waals surface area contributed by atoms with Gasteiger partial charge in [-0.3, -0.25) is 4.79 Å². The molecule has 0 bridgehead atoms. The van der Waals surface area contributed by atoms with E-state index in [2.05, 4.69) is 43.3 Å². The summed E-state index contributed by atoms with van der Waals surface area (Å²) >= 11 is 0. The van der Waals surface area contributed by atoms with Gasteiger partial charge < -0.3 is 4.90 Å². The summed E-state index contributed by atoms with van der Waals surface area (Å²) in [6.45, 7) is 2.90. The first-order valence-electron chi connectivity index (χ1n) is 9.63. The highest BCUT2D eigenvalue weighted by Gasteiger charge is 2.45. The summed E-state index contributed by atoms with van der Waals surface area (Å²) in [5.41, 5.74) is 2.13. The number of amides is 1. The van der Waals surface area contributed by atoms with Crippen molar-refractivity contribution in [1.29, 1.82) is 0 Å². The topological polar surface area (TPSA) is 20.3 Å². The van der Waals surface area contributed by atoms with Crippen molar-refractivity contribution in [1.82, 2.24) is 4.90 Å². The fourth-order valence-corrected chi connectivity index (χ4v) is 3.72. The average Bonchev–Trinajstić information content (AvgIpc) is 2.75. The van der Waals surface area contributed by atoms with Crippen LogP contribution in [-0.4, -0.2) is 24.4 Å². The second-order valence-electron chi connectivity index (χ2n) is 6.93. The standard InChI is InChI=1S/C25H27NO/c1-3-4-20-26(2)24(27)25(21-14-8-5-9-15-21,22-16-10-6-11-17-22)23-18-12-7-13-19-23/h5-19H,3-4,20H2,1-2H3. The minimum absolute atomic E-state index is 0.111. The van der Waals surface area contributed by atoms with Crippen LogP contribution in [0.3, 0.4) is 0 Å². The quantitative estimate of drug-likeness (QED) is 0.527. The predicted octanol–water partition coefficient (Wildman–Crippen LogP) is 5.28. The molecule has 0 saturated heterocycles. The van der Waals surface area contributed by atoms with Crippen molar-refractivity contribution >= 4 is 5.91 Å². The summed E-state index contributed by atoms with van der Waals surface area (Å²) in [5, 5.41) is 0. The minimum Gasteiger partial charge on any atom is -0.344 e. The molecular formula is C25H27NO. The van der Waals surface area contributed by atoms with Gasteiger partial charge in [0.1, 0.15) is 5.41 Å². The Kier molecular flexibility index (Phi) is 6.08. The molecule has 0 saturated carbocycles. The summed E-state index contributed by atoms with van der Waals surface area (Å²) in [5.74, 6) is 0.111. The fourth-order valence-electron chi connectivity index (χ4n) is 3.72. The van der Waals surface area contributed by atoms with Crippen LogP contribution < -0.4 is 0 Å². The Bertz CT molecular complexity index is 747. The van der Waals surface area contributed by atoms with Crippen LogP contribution in [0.15, 0.2) is 91.0 Å². The lowest BCUT2D eigenvalue weighted by Gasteiger charge is -2.37. The van der Waals surface area contributed by atoms with E-state index in [0.717, 1.165) is 36.1 Å². The first-order valence-corrected chi connectivity index (χ1v) is 9.63. The summed E-state index contributed by atoms with van der Waals surface area (Å²) < 4.78 is 0. The van der Waals surface area contributed by atoms with Crippen molar-refractivity contribution < 1.29 is 4.79 Å². The predicted molar refractivity (Wildman–Crippen MR) is 112 cm³/mol. The molecule has 0 atom stereocenters. The van der Waals surface area contributed by atoms with Gasteiger partial charge in [0.2, 0.25) is 5.91 Å². The molecule has 2 heteroatoms. The molecule has 2 nitrogen and oxygen atoms in total. The zero-order chi connectivity index (χ0) is 19.1. The molecule has 0 spiro atoms. The van der Waals surface area contributed by atoms with Crippen molar-refractivity contribution in [3.05, 3.63) is 108 Å². The van der Waals surface area contributed by atoms with Gasteiger partial charge >= 0.3 is 0 Å². The van der Waals surface area contributed by atoms with Gasteiger partial charge in [-0.15, -0.1) is 0 Å². The van der Waals surface area contributed by atoms with Crippen LogP contribution in [0.4, 0.5) is 0 Å². The van der Waals surface area contributed by atoms with E-state index in [1.807, 2.05) is 66.5 Å². The molecule has 0 aliphatic heterocycles. The molecule has 3 aromatic carbocycles. The molecule has 0 N–H and O–H groups in total. The van der Waals surface area contributed by atoms with Crippen LogP contribution in [0.5, 0.6) is 0 Å². The van der Waals surface area contributed by atoms with Gasteiger partial charge in [-0.1, -0.05) is 104 Å². The number of rotatable bonds is 7. The molecule has 138 valence electrons. The van der Waals surface area contributed by atoms with Crippen LogP contribution in [0.25, 0.3) is 0 Å². The maximum atomic E-state index is 14.0. The van der Waals surface area contributed by atoms with Crippen molar-refractivity contribution in [3.63, 3.8) is 0 Å². The highest BCUT2D eigenvalue weighted by atomic mass is 16.2. The summed E-state index contributed by atoms with van der Waals surface area (Å²) in [7, 11) is 1.92. The zero-order valence-corrected chi connectivity index (χ0v) is 16.1. The van der Waals surface area contributed by atoms with E-state index in [0.29, 0.717) is 0 Å². The van der Waals surface area contributed by atoms with Gasteiger partial charge in [-0.2, -0.15) is 0 Å². The number of hydrogen-bond acceptors (Lipinski definition) is 1. The third kappa shape index (κ3) is 3.66. The molecule has 0 aliphatic carbocycles. The zero-order valence-electron chi connectivity index (χ0n) is 16.1. The Morgan fingerprint density at radius 1 is 0.741 bits per heavy atom. The van der Waals surface area contributed by atoms with Gasteiger partial charge in [0.25, 0.3) is 0 Å². The van der Waals surface area contributed by atoms with Crippen LogP contribution in [0.1, 0.15) is 36.5 Å².